The first kappa shape index (κ1) is 27.5. The number of aromatic nitrogens is 3. The van der Waals surface area contributed by atoms with Crippen LogP contribution < -0.4 is 19.4 Å². The average Bonchev–Trinajstić information content (AvgIpc) is 2.96. The zero-order valence-electron chi connectivity index (χ0n) is 21.2. The van der Waals surface area contributed by atoms with Crippen molar-refractivity contribution in [2.24, 2.45) is 0 Å². The normalized spacial score (nSPS) is 16.6. The van der Waals surface area contributed by atoms with Crippen LogP contribution in [0.2, 0.25) is 0 Å². The van der Waals surface area contributed by atoms with Crippen LogP contribution in [-0.2, 0) is 9.53 Å². The van der Waals surface area contributed by atoms with Gasteiger partial charge in [0, 0.05) is 39.0 Å². The molecule has 0 radical (unpaired) electrons. The lowest BCUT2D eigenvalue weighted by Crippen LogP contribution is -2.42. The number of ether oxygens (including phenoxy) is 2. The summed E-state index contributed by atoms with van der Waals surface area (Å²) in [5, 5.41) is 0. The smallest absolute Gasteiger partial charge is 0.472 e. The summed E-state index contributed by atoms with van der Waals surface area (Å²) in [5.74, 6) is -3.11. The maximum atomic E-state index is 13.7. The Morgan fingerprint density at radius 1 is 0.825 bits per heavy atom. The molecule has 0 atom stereocenters. The molecule has 40 heavy (non-hydrogen) atoms. The summed E-state index contributed by atoms with van der Waals surface area (Å²) < 4.78 is 79.2. The topological polar surface area (TPSA) is 83.9 Å². The summed E-state index contributed by atoms with van der Waals surface area (Å²) in [6.07, 6.45) is -4.36. The second-order valence-corrected chi connectivity index (χ2v) is 9.21. The number of amides is 1. The number of carbonyl (C=O) groups is 1. The number of rotatable bonds is 6. The molecule has 0 bridgehead atoms. The number of benzene rings is 2. The Bertz CT molecular complexity index is 1310. The molecule has 0 unspecified atom stereocenters. The van der Waals surface area contributed by atoms with Crippen molar-refractivity contribution in [1.82, 2.24) is 15.0 Å². The number of piperidine rings is 1. The van der Waals surface area contributed by atoms with Gasteiger partial charge in [-0.1, -0.05) is 0 Å². The van der Waals surface area contributed by atoms with Crippen molar-refractivity contribution >= 4 is 29.4 Å². The van der Waals surface area contributed by atoms with Crippen LogP contribution in [0.1, 0.15) is 12.8 Å². The van der Waals surface area contributed by atoms with Gasteiger partial charge in [-0.2, -0.15) is 28.1 Å². The van der Waals surface area contributed by atoms with Crippen molar-refractivity contribution < 1.29 is 36.2 Å². The van der Waals surface area contributed by atoms with E-state index in [0.29, 0.717) is 62.9 Å². The Kier molecular flexibility index (Phi) is 7.96. The number of hydrogen-bond acceptors (Lipinski definition) is 8. The molecule has 2 aliphatic rings. The largest absolute Gasteiger partial charge is 0.490 e. The van der Waals surface area contributed by atoms with Crippen molar-refractivity contribution in [3.05, 3.63) is 60.2 Å². The number of nitrogens with zero attached hydrogens (tertiary/aromatic N) is 6. The van der Waals surface area contributed by atoms with Gasteiger partial charge in [0.1, 0.15) is 23.5 Å². The molecule has 212 valence electrons. The van der Waals surface area contributed by atoms with E-state index in [9.17, 15) is 26.7 Å². The molecule has 2 aromatic carbocycles. The quantitative estimate of drug-likeness (QED) is 0.411. The van der Waals surface area contributed by atoms with E-state index in [0.717, 1.165) is 24.3 Å². The molecular formula is C26H25F5N6O3. The fourth-order valence-electron chi connectivity index (χ4n) is 4.41. The third-order valence-corrected chi connectivity index (χ3v) is 6.47. The van der Waals surface area contributed by atoms with E-state index < -0.39 is 23.8 Å². The summed E-state index contributed by atoms with van der Waals surface area (Å²) >= 11 is 0. The van der Waals surface area contributed by atoms with E-state index in [4.69, 9.17) is 9.47 Å². The molecule has 0 N–H and O–H groups in total. The monoisotopic (exact) mass is 564 g/mol. The number of alkyl halides is 3. The first-order valence-electron chi connectivity index (χ1n) is 12.6. The lowest BCUT2D eigenvalue weighted by molar-refractivity contribution is -0.169. The molecule has 9 nitrogen and oxygen atoms in total. The maximum absolute atomic E-state index is 13.7. The van der Waals surface area contributed by atoms with Gasteiger partial charge in [-0.25, -0.2) is 13.7 Å². The first-order chi connectivity index (χ1) is 19.2. The second-order valence-electron chi connectivity index (χ2n) is 9.21. The van der Waals surface area contributed by atoms with Crippen LogP contribution in [0.15, 0.2) is 48.5 Å². The number of morpholine rings is 1. The Hall–Kier alpha value is -4.07. The van der Waals surface area contributed by atoms with Gasteiger partial charge in [-0.05, 0) is 48.5 Å². The molecular weight excluding hydrogens is 539 g/mol. The highest BCUT2D eigenvalue weighted by atomic mass is 19.4. The second kappa shape index (κ2) is 11.6. The minimum atomic E-state index is -5.25. The summed E-state index contributed by atoms with van der Waals surface area (Å²) in [6, 6.07) is 9.68. The molecule has 0 spiro atoms. The number of carbonyl (C=O) groups excluding carboxylic acids is 1. The summed E-state index contributed by atoms with van der Waals surface area (Å²) in [4.78, 5) is 29.5. The van der Waals surface area contributed by atoms with Gasteiger partial charge in [-0.15, -0.1) is 0 Å². The molecule has 14 heteroatoms. The van der Waals surface area contributed by atoms with Gasteiger partial charge in [0.25, 0.3) is 0 Å². The highest BCUT2D eigenvalue weighted by Gasteiger charge is 2.45. The summed E-state index contributed by atoms with van der Waals surface area (Å²) in [5.41, 5.74) is -0.250. The van der Waals surface area contributed by atoms with Gasteiger partial charge < -0.3 is 19.3 Å². The molecule has 3 aromatic rings. The standard InChI is InChI=1S/C26H25F5N6O3/c27-17-1-5-19(6-2-17)37(22(38)26(29,30)31)25-33-23(32-24(34-25)36-13-15-39-16-14-36)35-11-9-21(10-12-35)40-20-7-3-18(28)4-8-20/h1-8,21H,9-16H2. The van der Waals surface area contributed by atoms with Crippen LogP contribution in [0, 0.1) is 11.6 Å². The first-order valence-corrected chi connectivity index (χ1v) is 12.6. The molecule has 1 aromatic heterocycles. The van der Waals surface area contributed by atoms with Crippen LogP contribution in [0.5, 0.6) is 5.75 Å². The lowest BCUT2D eigenvalue weighted by Gasteiger charge is -2.34. The molecule has 3 heterocycles. The number of hydrogen-bond donors (Lipinski definition) is 0. The van der Waals surface area contributed by atoms with Crippen molar-refractivity contribution in [2.75, 3.05) is 54.1 Å². The molecule has 0 aliphatic carbocycles. The number of halogens is 5. The zero-order chi connectivity index (χ0) is 28.3. The van der Waals surface area contributed by atoms with Crippen molar-refractivity contribution in [2.45, 2.75) is 25.1 Å². The maximum Gasteiger partial charge on any atom is 0.472 e. The van der Waals surface area contributed by atoms with E-state index in [2.05, 4.69) is 15.0 Å². The molecule has 5 rings (SSSR count). The Morgan fingerprint density at radius 3 is 1.90 bits per heavy atom. The molecule has 2 fully saturated rings. The SMILES string of the molecule is O=C(N(c1ccc(F)cc1)c1nc(N2CCOCC2)nc(N2CCC(Oc3ccc(F)cc3)CC2)n1)C(F)(F)F. The van der Waals surface area contributed by atoms with Crippen molar-refractivity contribution in [3.63, 3.8) is 0 Å². The summed E-state index contributed by atoms with van der Waals surface area (Å²) in [7, 11) is 0. The van der Waals surface area contributed by atoms with E-state index in [1.807, 2.05) is 0 Å². The number of anilines is 4. The third kappa shape index (κ3) is 6.38. The van der Waals surface area contributed by atoms with Crippen LogP contribution in [-0.4, -0.2) is 72.5 Å². The van der Waals surface area contributed by atoms with Gasteiger partial charge in [0.15, 0.2) is 0 Å². The van der Waals surface area contributed by atoms with Crippen LogP contribution in [0.25, 0.3) is 0 Å². The zero-order valence-corrected chi connectivity index (χ0v) is 21.2. The van der Waals surface area contributed by atoms with Gasteiger partial charge in [0.2, 0.25) is 17.8 Å². The fraction of sp³-hybridized carbons (Fsp3) is 0.385. The van der Waals surface area contributed by atoms with Gasteiger partial charge in [0.05, 0.1) is 18.9 Å². The lowest BCUT2D eigenvalue weighted by atomic mass is 10.1. The van der Waals surface area contributed by atoms with E-state index in [1.54, 1.807) is 9.80 Å². The summed E-state index contributed by atoms with van der Waals surface area (Å²) in [6.45, 7) is 2.32. The van der Waals surface area contributed by atoms with Gasteiger partial charge >= 0.3 is 12.1 Å². The molecule has 1 amide bonds. The predicted octanol–water partition coefficient (Wildman–Crippen LogP) is 4.26. The molecule has 2 saturated heterocycles. The molecule has 0 saturated carbocycles. The van der Waals surface area contributed by atoms with Crippen molar-refractivity contribution in [3.8, 4) is 5.75 Å². The predicted molar refractivity (Wildman–Crippen MR) is 135 cm³/mol. The average molecular weight is 565 g/mol. The minimum Gasteiger partial charge on any atom is -0.490 e. The van der Waals surface area contributed by atoms with Crippen molar-refractivity contribution in [1.29, 1.82) is 0 Å². The highest BCUT2D eigenvalue weighted by molar-refractivity contribution is 6.02. The Morgan fingerprint density at radius 2 is 1.35 bits per heavy atom. The third-order valence-electron chi connectivity index (χ3n) is 6.47. The van der Waals surface area contributed by atoms with E-state index >= 15 is 0 Å². The van der Waals surface area contributed by atoms with E-state index in [1.165, 1.54) is 24.3 Å². The minimum absolute atomic E-state index is 0.0915. The Labute approximate surface area is 226 Å². The molecule has 2 aliphatic heterocycles. The highest BCUT2D eigenvalue weighted by Crippen LogP contribution is 2.32. The van der Waals surface area contributed by atoms with Gasteiger partial charge in [-0.3, -0.25) is 4.79 Å². The van der Waals surface area contributed by atoms with Crippen LogP contribution in [0.3, 0.4) is 0 Å². The van der Waals surface area contributed by atoms with E-state index in [-0.39, 0.29) is 29.5 Å². The van der Waals surface area contributed by atoms with Crippen LogP contribution in [0.4, 0.5) is 45.5 Å². The van der Waals surface area contributed by atoms with Crippen LogP contribution >= 0.6 is 0 Å². The fourth-order valence-corrected chi connectivity index (χ4v) is 4.41. The Balaban J connectivity index is 1.46.